The van der Waals surface area contributed by atoms with Gasteiger partial charge in [-0.15, -0.1) is 0 Å². The van der Waals surface area contributed by atoms with Gasteiger partial charge >= 0.3 is 0 Å². The molecule has 0 radical (unpaired) electrons. The molecule has 2 aliphatic heterocycles. The Balaban J connectivity index is 0.000000170. The van der Waals surface area contributed by atoms with E-state index in [2.05, 4.69) is 67.6 Å². The number of rotatable bonds is 1. The molecule has 0 unspecified atom stereocenters. The van der Waals surface area contributed by atoms with Crippen molar-refractivity contribution in [3.8, 4) is 11.5 Å². The standard InChI is InChI=1S/C13H16N2.C12H17NO2.CH4/c1-13(2)12-10(7-8-14-13)9-5-3-4-6-11(9)15-12;1-12(2)9-7-11(15-3)10(14)6-8(9)4-5-13-12;/h3-6,14-15H,7-8H2,1-2H3;6-7,13-14H,4-5H2,1-3H3;1H4. The number of methoxy groups -OCH3 is 1. The Morgan fingerprint density at radius 1 is 0.935 bits per heavy atom. The quantitative estimate of drug-likeness (QED) is 0.446. The molecule has 0 fully saturated rings. The number of para-hydroxylation sites is 1. The molecule has 0 atom stereocenters. The van der Waals surface area contributed by atoms with Crippen molar-refractivity contribution in [1.82, 2.24) is 15.6 Å². The van der Waals surface area contributed by atoms with Crippen LogP contribution in [0.5, 0.6) is 11.5 Å². The van der Waals surface area contributed by atoms with E-state index in [0.29, 0.717) is 5.75 Å². The van der Waals surface area contributed by atoms with Gasteiger partial charge in [0.2, 0.25) is 0 Å². The lowest BCUT2D eigenvalue weighted by Gasteiger charge is -2.34. The highest BCUT2D eigenvalue weighted by atomic mass is 16.5. The second kappa shape index (κ2) is 8.56. The minimum atomic E-state index is -0.0471. The zero-order valence-corrected chi connectivity index (χ0v) is 18.6. The maximum Gasteiger partial charge on any atom is 0.160 e. The molecular weight excluding hydrogens is 386 g/mol. The number of hydrogen-bond donors (Lipinski definition) is 4. The summed E-state index contributed by atoms with van der Waals surface area (Å²) in [5, 5.41) is 18.1. The second-order valence-corrected chi connectivity index (χ2v) is 9.31. The van der Waals surface area contributed by atoms with Crippen molar-refractivity contribution in [3.63, 3.8) is 0 Å². The lowest BCUT2D eigenvalue weighted by Crippen LogP contribution is -2.42. The van der Waals surface area contributed by atoms with E-state index in [1.54, 1.807) is 7.11 Å². The molecule has 0 bridgehead atoms. The third-order valence-corrected chi connectivity index (χ3v) is 6.42. The molecule has 0 aliphatic carbocycles. The van der Waals surface area contributed by atoms with E-state index in [0.717, 1.165) is 25.9 Å². The van der Waals surface area contributed by atoms with Gasteiger partial charge in [-0.25, -0.2) is 0 Å². The third kappa shape index (κ3) is 4.30. The van der Waals surface area contributed by atoms with Crippen LogP contribution in [0.2, 0.25) is 0 Å². The molecule has 31 heavy (non-hydrogen) atoms. The monoisotopic (exact) mass is 423 g/mol. The summed E-state index contributed by atoms with van der Waals surface area (Å²) in [4.78, 5) is 3.54. The molecule has 168 valence electrons. The Morgan fingerprint density at radius 2 is 1.61 bits per heavy atom. The molecule has 0 spiro atoms. The number of aromatic amines is 1. The molecule has 5 rings (SSSR count). The van der Waals surface area contributed by atoms with Crippen LogP contribution in [0, 0.1) is 0 Å². The zero-order chi connectivity index (χ0) is 21.5. The van der Waals surface area contributed by atoms with Gasteiger partial charge in [0.1, 0.15) is 0 Å². The largest absolute Gasteiger partial charge is 0.504 e. The fraction of sp³-hybridized carbons (Fsp3) is 0.462. The number of aromatic nitrogens is 1. The average Bonchev–Trinajstić information content (AvgIpc) is 3.08. The highest BCUT2D eigenvalue weighted by Gasteiger charge is 2.30. The summed E-state index contributed by atoms with van der Waals surface area (Å²) >= 11 is 0. The molecule has 3 heterocycles. The Morgan fingerprint density at radius 3 is 2.35 bits per heavy atom. The average molecular weight is 424 g/mol. The second-order valence-electron chi connectivity index (χ2n) is 9.31. The van der Waals surface area contributed by atoms with Crippen LogP contribution in [0.25, 0.3) is 10.9 Å². The molecule has 2 aromatic carbocycles. The fourth-order valence-corrected chi connectivity index (χ4v) is 4.75. The molecule has 3 aromatic rings. The van der Waals surface area contributed by atoms with Crippen LogP contribution in [0.1, 0.15) is 57.5 Å². The smallest absolute Gasteiger partial charge is 0.160 e. The summed E-state index contributed by atoms with van der Waals surface area (Å²) < 4.78 is 5.13. The summed E-state index contributed by atoms with van der Waals surface area (Å²) in [5.74, 6) is 0.777. The number of nitrogens with one attached hydrogen (secondary N) is 3. The van der Waals surface area contributed by atoms with E-state index in [9.17, 15) is 5.11 Å². The lowest BCUT2D eigenvalue weighted by atomic mass is 9.85. The third-order valence-electron chi connectivity index (χ3n) is 6.42. The summed E-state index contributed by atoms with van der Waals surface area (Å²) in [6.45, 7) is 10.8. The van der Waals surface area contributed by atoms with E-state index in [-0.39, 0.29) is 24.3 Å². The van der Waals surface area contributed by atoms with Crippen molar-refractivity contribution in [3.05, 3.63) is 58.8 Å². The van der Waals surface area contributed by atoms with Gasteiger partial charge < -0.3 is 25.5 Å². The maximum absolute atomic E-state index is 9.69. The number of phenols is 1. The molecule has 4 N–H and O–H groups in total. The van der Waals surface area contributed by atoms with E-state index < -0.39 is 0 Å². The van der Waals surface area contributed by atoms with Crippen molar-refractivity contribution in [1.29, 1.82) is 0 Å². The molecule has 0 saturated heterocycles. The Hall–Kier alpha value is -2.50. The number of ether oxygens (including phenoxy) is 1. The van der Waals surface area contributed by atoms with Crippen LogP contribution >= 0.6 is 0 Å². The number of aromatic hydroxyl groups is 1. The highest BCUT2D eigenvalue weighted by molar-refractivity contribution is 5.85. The van der Waals surface area contributed by atoms with Crippen molar-refractivity contribution in [2.24, 2.45) is 0 Å². The minimum absolute atomic E-state index is 0. The van der Waals surface area contributed by atoms with Crippen molar-refractivity contribution >= 4 is 10.9 Å². The minimum Gasteiger partial charge on any atom is -0.504 e. The number of hydrogen-bond acceptors (Lipinski definition) is 4. The number of H-pyrrole nitrogens is 1. The van der Waals surface area contributed by atoms with Crippen LogP contribution in [0.4, 0.5) is 0 Å². The molecule has 5 nitrogen and oxygen atoms in total. The first-order valence-corrected chi connectivity index (χ1v) is 10.7. The number of phenolic OH excluding ortho intramolecular Hbond substituents is 1. The van der Waals surface area contributed by atoms with Crippen LogP contribution < -0.4 is 15.4 Å². The number of fused-ring (bicyclic) bond motifs is 4. The first-order valence-electron chi connectivity index (χ1n) is 10.7. The van der Waals surface area contributed by atoms with E-state index in [1.165, 1.54) is 33.3 Å². The Kier molecular flexibility index (Phi) is 6.40. The summed E-state index contributed by atoms with van der Waals surface area (Å²) in [6.07, 6.45) is 2.08. The van der Waals surface area contributed by atoms with Crippen LogP contribution in [-0.4, -0.2) is 30.3 Å². The molecule has 1 aromatic heterocycles. The van der Waals surface area contributed by atoms with Crippen LogP contribution in [0.15, 0.2) is 36.4 Å². The van der Waals surface area contributed by atoms with Gasteiger partial charge in [0.05, 0.1) is 12.6 Å². The Bertz CT molecular complexity index is 1070. The molecular formula is C26H37N3O2. The Labute approximate surface area is 186 Å². The highest BCUT2D eigenvalue weighted by Crippen LogP contribution is 2.36. The predicted octanol–water partition coefficient (Wildman–Crippen LogP) is 4.97. The van der Waals surface area contributed by atoms with Gasteiger partial charge in [0.15, 0.2) is 11.5 Å². The summed E-state index contributed by atoms with van der Waals surface area (Å²) in [7, 11) is 1.57. The predicted molar refractivity (Wildman–Crippen MR) is 129 cm³/mol. The molecule has 5 heteroatoms. The SMILES string of the molecule is C.CC1(C)NCCc2c1[nH]c1ccccc21.COc1cc2c(cc1O)CCNC2(C)C. The zero-order valence-electron chi connectivity index (χ0n) is 18.6. The van der Waals surface area contributed by atoms with Gasteiger partial charge in [0, 0.05) is 28.7 Å². The van der Waals surface area contributed by atoms with E-state index >= 15 is 0 Å². The van der Waals surface area contributed by atoms with Crippen molar-refractivity contribution < 1.29 is 9.84 Å². The number of benzene rings is 2. The van der Waals surface area contributed by atoms with Gasteiger partial charge in [-0.1, -0.05) is 25.6 Å². The fourth-order valence-electron chi connectivity index (χ4n) is 4.75. The summed E-state index contributed by atoms with van der Waals surface area (Å²) in [6, 6.07) is 12.3. The van der Waals surface area contributed by atoms with Gasteiger partial charge in [-0.2, -0.15) is 0 Å². The van der Waals surface area contributed by atoms with Crippen molar-refractivity contribution in [2.75, 3.05) is 20.2 Å². The van der Waals surface area contributed by atoms with E-state index in [4.69, 9.17) is 4.74 Å². The lowest BCUT2D eigenvalue weighted by molar-refractivity contribution is 0.355. The van der Waals surface area contributed by atoms with Gasteiger partial charge in [0.25, 0.3) is 0 Å². The molecule has 0 amide bonds. The van der Waals surface area contributed by atoms with Gasteiger partial charge in [-0.05, 0) is 82.0 Å². The van der Waals surface area contributed by atoms with Crippen LogP contribution in [0.3, 0.4) is 0 Å². The molecule has 0 saturated carbocycles. The topological polar surface area (TPSA) is 69.3 Å². The normalized spacial score (nSPS) is 18.1. The van der Waals surface area contributed by atoms with Crippen LogP contribution in [-0.2, 0) is 23.9 Å². The van der Waals surface area contributed by atoms with E-state index in [1.807, 2.05) is 12.1 Å². The maximum atomic E-state index is 9.69. The first-order chi connectivity index (χ1) is 14.2. The van der Waals surface area contributed by atoms with Crippen molar-refractivity contribution in [2.45, 2.75) is 59.0 Å². The summed E-state index contributed by atoms with van der Waals surface area (Å²) in [5.41, 5.74) is 6.56. The van der Waals surface area contributed by atoms with Gasteiger partial charge in [-0.3, -0.25) is 0 Å². The first kappa shape index (κ1) is 23.2. The molecule has 2 aliphatic rings.